The number of halogens is 2. The average Bonchev–Trinajstić information content (AvgIpc) is 2.66. The summed E-state index contributed by atoms with van der Waals surface area (Å²) in [7, 11) is 0. The summed E-state index contributed by atoms with van der Waals surface area (Å²) in [6.45, 7) is 3.65. The van der Waals surface area contributed by atoms with Crippen LogP contribution in [-0.4, -0.2) is 30.3 Å². The second-order valence-corrected chi connectivity index (χ2v) is 7.52. The largest absolute Gasteiger partial charge is 0.320 e. The lowest BCUT2D eigenvalue weighted by molar-refractivity contribution is -0.110. The third kappa shape index (κ3) is 4.18. The minimum Gasteiger partial charge on any atom is -0.320 e. The normalized spacial score (nSPS) is 17.5. The van der Waals surface area contributed by atoms with Crippen molar-refractivity contribution in [3.05, 3.63) is 75.3 Å². The number of aldehydes is 1. The summed E-state index contributed by atoms with van der Waals surface area (Å²) < 4.78 is 0. The van der Waals surface area contributed by atoms with Crippen LogP contribution in [0.25, 0.3) is 5.57 Å². The Hall–Kier alpha value is -1.65. The highest BCUT2D eigenvalue weighted by Crippen LogP contribution is 2.32. The van der Waals surface area contributed by atoms with E-state index < -0.39 is 6.04 Å². The number of nitrogens with two attached hydrogens (primary N) is 1. The molecule has 0 bridgehead atoms. The molecule has 0 aliphatic carbocycles. The summed E-state index contributed by atoms with van der Waals surface area (Å²) in [4.78, 5) is 13.6. The van der Waals surface area contributed by atoms with Crippen LogP contribution in [0.1, 0.15) is 29.2 Å². The number of carbonyl (C=O) groups is 1. The molecule has 0 saturated carbocycles. The van der Waals surface area contributed by atoms with E-state index in [4.69, 9.17) is 28.9 Å². The van der Waals surface area contributed by atoms with Gasteiger partial charge in [-0.3, -0.25) is 4.90 Å². The number of carbonyl (C=O) groups excluding carboxylic acids is 1. The first kappa shape index (κ1) is 19.1. The number of hydrogen-bond donors (Lipinski definition) is 1. The third-order valence-corrected chi connectivity index (χ3v) is 5.40. The molecule has 1 aliphatic heterocycles. The summed E-state index contributed by atoms with van der Waals surface area (Å²) in [6.07, 6.45) is 3.92. The van der Waals surface area contributed by atoms with E-state index in [2.05, 4.69) is 17.9 Å². The Morgan fingerprint density at radius 1 is 1.12 bits per heavy atom. The van der Waals surface area contributed by atoms with Crippen LogP contribution in [0.15, 0.2) is 48.5 Å². The van der Waals surface area contributed by atoms with Gasteiger partial charge in [0.05, 0.1) is 12.1 Å². The lowest BCUT2D eigenvalue weighted by atomic mass is 9.92. The molecular formula is C21H22Cl2N2O. The number of rotatable bonds is 5. The molecule has 2 atom stereocenters. The van der Waals surface area contributed by atoms with Gasteiger partial charge in [0.2, 0.25) is 0 Å². The Morgan fingerprint density at radius 3 is 2.42 bits per heavy atom. The lowest BCUT2D eigenvalue weighted by Crippen LogP contribution is -2.43. The van der Waals surface area contributed by atoms with E-state index in [-0.39, 0.29) is 6.04 Å². The first-order valence-corrected chi connectivity index (χ1v) is 9.41. The SMILES string of the molecule is Cc1ccc(Cl)cc1C1=CCN(C(c2ccc(Cl)cc2)C(N)C=O)CC1. The molecule has 3 nitrogen and oxygen atoms in total. The first-order chi connectivity index (χ1) is 12.5. The van der Waals surface area contributed by atoms with Gasteiger partial charge in [-0.2, -0.15) is 0 Å². The molecule has 2 unspecified atom stereocenters. The van der Waals surface area contributed by atoms with Crippen molar-refractivity contribution in [3.63, 3.8) is 0 Å². The van der Waals surface area contributed by atoms with E-state index in [1.807, 2.05) is 42.5 Å². The van der Waals surface area contributed by atoms with E-state index in [0.29, 0.717) is 5.02 Å². The minimum atomic E-state index is -0.584. The van der Waals surface area contributed by atoms with Gasteiger partial charge in [0.15, 0.2) is 0 Å². The molecule has 0 aromatic heterocycles. The monoisotopic (exact) mass is 388 g/mol. The highest BCUT2D eigenvalue weighted by Gasteiger charge is 2.28. The zero-order valence-electron chi connectivity index (χ0n) is 14.7. The smallest absolute Gasteiger partial charge is 0.138 e. The molecule has 3 rings (SSSR count). The summed E-state index contributed by atoms with van der Waals surface area (Å²) in [5.74, 6) is 0. The maximum absolute atomic E-state index is 11.4. The molecule has 0 saturated heterocycles. The molecule has 0 amide bonds. The summed E-state index contributed by atoms with van der Waals surface area (Å²) in [5.41, 5.74) is 10.8. The van der Waals surface area contributed by atoms with Crippen LogP contribution >= 0.6 is 23.2 Å². The predicted octanol–water partition coefficient (Wildman–Crippen LogP) is 4.66. The molecule has 0 fully saturated rings. The Balaban J connectivity index is 1.85. The zero-order chi connectivity index (χ0) is 18.7. The molecule has 1 aliphatic rings. The van der Waals surface area contributed by atoms with Gasteiger partial charge in [-0.25, -0.2) is 0 Å². The number of benzene rings is 2. The zero-order valence-corrected chi connectivity index (χ0v) is 16.2. The van der Waals surface area contributed by atoms with Gasteiger partial charge in [-0.15, -0.1) is 0 Å². The van der Waals surface area contributed by atoms with E-state index in [1.54, 1.807) is 0 Å². The van der Waals surface area contributed by atoms with Crippen molar-refractivity contribution in [1.29, 1.82) is 0 Å². The maximum atomic E-state index is 11.4. The topological polar surface area (TPSA) is 46.3 Å². The molecule has 2 N–H and O–H groups in total. The van der Waals surface area contributed by atoms with Crippen molar-refractivity contribution >= 4 is 35.1 Å². The van der Waals surface area contributed by atoms with Gasteiger partial charge in [0.25, 0.3) is 0 Å². The van der Waals surface area contributed by atoms with E-state index >= 15 is 0 Å². The second-order valence-electron chi connectivity index (χ2n) is 6.64. The van der Waals surface area contributed by atoms with Crippen molar-refractivity contribution in [2.24, 2.45) is 5.73 Å². The minimum absolute atomic E-state index is 0.164. The second kappa shape index (κ2) is 8.36. The number of nitrogens with zero attached hydrogens (tertiary/aromatic N) is 1. The highest BCUT2D eigenvalue weighted by molar-refractivity contribution is 6.31. The fraction of sp³-hybridized carbons (Fsp3) is 0.286. The standard InChI is InChI=1S/C21H22Cl2N2O/c1-14-2-5-18(23)12-19(14)15-8-10-25(11-9-15)21(20(24)13-26)16-3-6-17(22)7-4-16/h2-8,12-13,20-21H,9-11,24H2,1H3. The lowest BCUT2D eigenvalue weighted by Gasteiger charge is -2.36. The fourth-order valence-corrected chi connectivity index (χ4v) is 3.83. The van der Waals surface area contributed by atoms with Gasteiger partial charge in [-0.05, 0) is 59.9 Å². The number of aryl methyl sites for hydroxylation is 1. The van der Waals surface area contributed by atoms with Crippen LogP contribution in [0.4, 0.5) is 0 Å². The molecule has 1 heterocycles. The molecule has 0 spiro atoms. The van der Waals surface area contributed by atoms with Crippen LogP contribution in [0, 0.1) is 6.92 Å². The molecule has 2 aromatic carbocycles. The quantitative estimate of drug-likeness (QED) is 0.757. The Morgan fingerprint density at radius 2 is 1.81 bits per heavy atom. The molecular weight excluding hydrogens is 367 g/mol. The van der Waals surface area contributed by atoms with Gasteiger partial charge in [0.1, 0.15) is 6.29 Å². The average molecular weight is 389 g/mol. The Bertz CT molecular complexity index is 817. The van der Waals surface area contributed by atoms with E-state index in [0.717, 1.165) is 36.4 Å². The van der Waals surface area contributed by atoms with Crippen LogP contribution < -0.4 is 5.73 Å². The van der Waals surface area contributed by atoms with Crippen molar-refractivity contribution in [1.82, 2.24) is 4.90 Å². The summed E-state index contributed by atoms with van der Waals surface area (Å²) >= 11 is 12.2. The van der Waals surface area contributed by atoms with Crippen molar-refractivity contribution < 1.29 is 4.79 Å². The van der Waals surface area contributed by atoms with Crippen molar-refractivity contribution in [2.45, 2.75) is 25.4 Å². The predicted molar refractivity (Wildman–Crippen MR) is 109 cm³/mol. The first-order valence-electron chi connectivity index (χ1n) is 8.65. The highest BCUT2D eigenvalue weighted by atomic mass is 35.5. The van der Waals surface area contributed by atoms with Crippen LogP contribution in [0.3, 0.4) is 0 Å². The Labute approximate surface area is 164 Å². The molecule has 26 heavy (non-hydrogen) atoms. The van der Waals surface area contributed by atoms with Gasteiger partial charge in [0, 0.05) is 23.1 Å². The summed E-state index contributed by atoms with van der Waals surface area (Å²) in [6, 6.07) is 12.8. The Kier molecular flexibility index (Phi) is 6.15. The van der Waals surface area contributed by atoms with Crippen molar-refractivity contribution in [2.75, 3.05) is 13.1 Å². The van der Waals surface area contributed by atoms with Crippen LogP contribution in [0.2, 0.25) is 10.0 Å². The number of hydrogen-bond acceptors (Lipinski definition) is 3. The fourth-order valence-electron chi connectivity index (χ4n) is 3.53. The van der Waals surface area contributed by atoms with Gasteiger partial charge < -0.3 is 10.5 Å². The molecule has 5 heteroatoms. The van der Waals surface area contributed by atoms with Crippen LogP contribution in [0.5, 0.6) is 0 Å². The van der Waals surface area contributed by atoms with E-state index in [1.165, 1.54) is 16.7 Å². The molecule has 2 aromatic rings. The van der Waals surface area contributed by atoms with E-state index in [9.17, 15) is 4.79 Å². The third-order valence-electron chi connectivity index (χ3n) is 4.91. The maximum Gasteiger partial charge on any atom is 0.138 e. The summed E-state index contributed by atoms with van der Waals surface area (Å²) in [5, 5.41) is 1.42. The molecule has 0 radical (unpaired) electrons. The van der Waals surface area contributed by atoms with Crippen LogP contribution in [-0.2, 0) is 4.79 Å². The van der Waals surface area contributed by atoms with Crippen molar-refractivity contribution in [3.8, 4) is 0 Å². The van der Waals surface area contributed by atoms with Gasteiger partial charge in [-0.1, -0.05) is 47.5 Å². The van der Waals surface area contributed by atoms with Gasteiger partial charge >= 0.3 is 0 Å². The molecule has 136 valence electrons.